The van der Waals surface area contributed by atoms with E-state index in [-0.39, 0.29) is 5.92 Å². The van der Waals surface area contributed by atoms with Crippen LogP contribution in [0.15, 0.2) is 0 Å². The predicted molar refractivity (Wildman–Crippen MR) is 102 cm³/mol. The number of amides is 1. The molecule has 0 heterocycles. The van der Waals surface area contributed by atoms with Gasteiger partial charge in [-0.1, -0.05) is 91.4 Å². The topological polar surface area (TPSA) is 75.6 Å². The zero-order valence-corrected chi connectivity index (χ0v) is 16.5. The summed E-state index contributed by atoms with van der Waals surface area (Å²) < 4.78 is 5.05. The summed E-state index contributed by atoms with van der Waals surface area (Å²) in [5.41, 5.74) is 0. The van der Waals surface area contributed by atoms with Crippen molar-refractivity contribution in [3.63, 3.8) is 0 Å². The second-order valence-electron chi connectivity index (χ2n) is 7.23. The third kappa shape index (κ3) is 14.8. The Morgan fingerprint density at radius 3 is 1.68 bits per heavy atom. The van der Waals surface area contributed by atoms with Gasteiger partial charge < -0.3 is 15.2 Å². The molecule has 0 aliphatic heterocycles. The normalized spacial score (nSPS) is 12.2. The summed E-state index contributed by atoms with van der Waals surface area (Å²) in [7, 11) is 0. The molecule has 0 aromatic rings. The smallest absolute Gasteiger partial charge is 0.407 e. The summed E-state index contributed by atoms with van der Waals surface area (Å²) in [5.74, 6) is -1.20. The largest absolute Gasteiger partial charge is 0.480 e. The van der Waals surface area contributed by atoms with Crippen molar-refractivity contribution in [2.45, 2.75) is 104 Å². The van der Waals surface area contributed by atoms with Crippen LogP contribution in [0.1, 0.15) is 97.8 Å². The maximum atomic E-state index is 11.6. The number of hydrogen-bond acceptors (Lipinski definition) is 3. The minimum absolute atomic E-state index is 0.170. The molecule has 5 nitrogen and oxygen atoms in total. The average molecular weight is 358 g/mol. The number of aliphatic carboxylic acids is 1. The Kier molecular flexibility index (Phi) is 15.4. The highest BCUT2D eigenvalue weighted by Gasteiger charge is 2.23. The second-order valence-corrected chi connectivity index (χ2v) is 7.23. The van der Waals surface area contributed by atoms with E-state index in [2.05, 4.69) is 12.2 Å². The number of alkyl carbamates (subject to hydrolysis) is 1. The first-order valence-corrected chi connectivity index (χ1v) is 10.1. The molecule has 0 aliphatic carbocycles. The van der Waals surface area contributed by atoms with Crippen LogP contribution >= 0.6 is 0 Å². The molecule has 0 spiro atoms. The first-order chi connectivity index (χ1) is 12.0. The fraction of sp³-hybridized carbons (Fsp3) is 0.900. The molecule has 25 heavy (non-hydrogen) atoms. The summed E-state index contributed by atoms with van der Waals surface area (Å²) in [4.78, 5) is 22.6. The number of carbonyl (C=O) groups excluding carboxylic acids is 1. The molecule has 0 saturated heterocycles. The highest BCUT2D eigenvalue weighted by atomic mass is 16.5. The molecule has 1 unspecified atom stereocenters. The van der Waals surface area contributed by atoms with Crippen LogP contribution in [-0.2, 0) is 9.53 Å². The molecule has 0 rings (SSSR count). The van der Waals surface area contributed by atoms with Gasteiger partial charge in [0.25, 0.3) is 0 Å². The summed E-state index contributed by atoms with van der Waals surface area (Å²) in [5, 5.41) is 11.4. The Morgan fingerprint density at radius 1 is 0.840 bits per heavy atom. The Labute approximate surface area is 153 Å². The van der Waals surface area contributed by atoms with Crippen molar-refractivity contribution in [1.29, 1.82) is 0 Å². The number of carbonyl (C=O) groups is 2. The van der Waals surface area contributed by atoms with E-state index in [9.17, 15) is 9.59 Å². The van der Waals surface area contributed by atoms with Gasteiger partial charge >= 0.3 is 12.1 Å². The van der Waals surface area contributed by atoms with Crippen molar-refractivity contribution in [3.05, 3.63) is 0 Å². The van der Waals surface area contributed by atoms with Gasteiger partial charge in [-0.2, -0.15) is 0 Å². The molecule has 1 atom stereocenters. The Morgan fingerprint density at radius 2 is 1.28 bits per heavy atom. The molecule has 0 aromatic heterocycles. The van der Waals surface area contributed by atoms with Gasteiger partial charge in [0.1, 0.15) is 6.04 Å². The van der Waals surface area contributed by atoms with Gasteiger partial charge in [-0.05, 0) is 12.3 Å². The molecule has 0 saturated carbocycles. The summed E-state index contributed by atoms with van der Waals surface area (Å²) >= 11 is 0. The van der Waals surface area contributed by atoms with E-state index < -0.39 is 18.1 Å². The van der Waals surface area contributed by atoms with Gasteiger partial charge in [0.05, 0.1) is 6.61 Å². The quantitative estimate of drug-likeness (QED) is 0.356. The van der Waals surface area contributed by atoms with E-state index in [0.29, 0.717) is 6.61 Å². The van der Waals surface area contributed by atoms with E-state index in [1.54, 1.807) is 13.8 Å². The average Bonchev–Trinajstić information content (AvgIpc) is 2.56. The zero-order chi connectivity index (χ0) is 18.9. The number of hydrogen-bond donors (Lipinski definition) is 2. The lowest BCUT2D eigenvalue weighted by Crippen LogP contribution is -2.44. The van der Waals surface area contributed by atoms with E-state index in [0.717, 1.165) is 12.8 Å². The predicted octanol–water partition coefficient (Wildman–Crippen LogP) is 5.52. The van der Waals surface area contributed by atoms with Crippen LogP contribution in [0.3, 0.4) is 0 Å². The minimum atomic E-state index is -1.03. The van der Waals surface area contributed by atoms with Crippen LogP contribution in [0.5, 0.6) is 0 Å². The van der Waals surface area contributed by atoms with Gasteiger partial charge in [0, 0.05) is 0 Å². The monoisotopic (exact) mass is 357 g/mol. The molecular weight excluding hydrogens is 318 g/mol. The van der Waals surface area contributed by atoms with Crippen molar-refractivity contribution in [3.8, 4) is 0 Å². The molecule has 148 valence electrons. The minimum Gasteiger partial charge on any atom is -0.480 e. The van der Waals surface area contributed by atoms with Gasteiger partial charge in [-0.25, -0.2) is 9.59 Å². The lowest BCUT2D eigenvalue weighted by atomic mass is 10.1. The molecule has 0 fully saturated rings. The van der Waals surface area contributed by atoms with E-state index in [4.69, 9.17) is 9.84 Å². The summed E-state index contributed by atoms with van der Waals surface area (Å²) in [6.07, 6.45) is 14.5. The number of ether oxygens (including phenoxy) is 1. The number of unbranched alkanes of at least 4 members (excludes halogenated alkanes) is 11. The zero-order valence-electron chi connectivity index (χ0n) is 16.5. The fourth-order valence-electron chi connectivity index (χ4n) is 2.79. The van der Waals surface area contributed by atoms with E-state index in [1.807, 2.05) is 0 Å². The van der Waals surface area contributed by atoms with Crippen LogP contribution in [0, 0.1) is 5.92 Å². The fourth-order valence-corrected chi connectivity index (χ4v) is 2.79. The van der Waals surface area contributed by atoms with Gasteiger partial charge in [-0.15, -0.1) is 0 Å². The Bertz CT molecular complexity index is 345. The standard InChI is InChI=1S/C20H39NO4/c1-4-5-6-7-8-9-10-11-12-13-14-15-16-25-20(24)21-18(17(2)3)19(22)23/h17-18H,4-16H2,1-3H3,(H,21,24)(H,22,23). The highest BCUT2D eigenvalue weighted by molar-refractivity contribution is 5.80. The molecule has 1 amide bonds. The van der Waals surface area contributed by atoms with Crippen molar-refractivity contribution in [2.24, 2.45) is 5.92 Å². The van der Waals surface area contributed by atoms with Crippen LogP contribution in [0.2, 0.25) is 0 Å². The van der Waals surface area contributed by atoms with E-state index >= 15 is 0 Å². The summed E-state index contributed by atoms with van der Waals surface area (Å²) in [6.45, 7) is 6.11. The van der Waals surface area contributed by atoms with Crippen LogP contribution < -0.4 is 5.32 Å². The van der Waals surface area contributed by atoms with Crippen LogP contribution in [-0.4, -0.2) is 29.8 Å². The second kappa shape index (κ2) is 16.2. The molecule has 5 heteroatoms. The lowest BCUT2D eigenvalue weighted by molar-refractivity contribution is -0.140. The van der Waals surface area contributed by atoms with Crippen molar-refractivity contribution < 1.29 is 19.4 Å². The molecule has 0 bridgehead atoms. The third-order valence-electron chi connectivity index (χ3n) is 4.44. The van der Waals surface area contributed by atoms with E-state index in [1.165, 1.54) is 64.2 Å². The number of carboxylic acid groups (broad SMARTS) is 1. The number of rotatable bonds is 16. The number of carboxylic acids is 1. The van der Waals surface area contributed by atoms with Gasteiger partial charge in [0.15, 0.2) is 0 Å². The molecule has 0 radical (unpaired) electrons. The maximum Gasteiger partial charge on any atom is 0.407 e. The number of nitrogens with one attached hydrogen (secondary N) is 1. The first kappa shape index (κ1) is 23.7. The SMILES string of the molecule is CCCCCCCCCCCCCCOC(=O)NC(C(=O)O)C(C)C. The highest BCUT2D eigenvalue weighted by Crippen LogP contribution is 2.12. The van der Waals surface area contributed by atoms with Crippen LogP contribution in [0.4, 0.5) is 4.79 Å². The van der Waals surface area contributed by atoms with Crippen LogP contribution in [0.25, 0.3) is 0 Å². The van der Waals surface area contributed by atoms with Crippen molar-refractivity contribution in [1.82, 2.24) is 5.32 Å². The maximum absolute atomic E-state index is 11.6. The molecule has 0 aliphatic rings. The van der Waals surface area contributed by atoms with Crippen molar-refractivity contribution >= 4 is 12.1 Å². The third-order valence-corrected chi connectivity index (χ3v) is 4.44. The Balaban J connectivity index is 3.40. The van der Waals surface area contributed by atoms with Crippen molar-refractivity contribution in [2.75, 3.05) is 6.61 Å². The van der Waals surface area contributed by atoms with Gasteiger partial charge in [0.2, 0.25) is 0 Å². The molecule has 0 aromatic carbocycles. The lowest BCUT2D eigenvalue weighted by Gasteiger charge is -2.17. The molecule has 2 N–H and O–H groups in total. The molecular formula is C20H39NO4. The summed E-state index contributed by atoms with van der Waals surface area (Å²) in [6, 6.07) is -0.894. The Hall–Kier alpha value is -1.26. The van der Waals surface area contributed by atoms with Gasteiger partial charge in [-0.3, -0.25) is 0 Å². The first-order valence-electron chi connectivity index (χ1n) is 10.1.